The molecule has 2 rings (SSSR count). The van der Waals surface area contributed by atoms with Gasteiger partial charge < -0.3 is 11.1 Å². The molecule has 0 radical (unpaired) electrons. The van der Waals surface area contributed by atoms with Crippen LogP contribution in [-0.4, -0.2) is 41.8 Å². The Labute approximate surface area is 134 Å². The second-order valence-electron chi connectivity index (χ2n) is 4.93. The molecule has 10 heteroatoms. The number of anilines is 2. The number of hydrogen-bond acceptors (Lipinski definition) is 6. The van der Waals surface area contributed by atoms with Crippen molar-refractivity contribution in [3.8, 4) is 0 Å². The number of hydrogen-bond donors (Lipinski definition) is 3. The molecule has 1 atom stereocenters. The van der Waals surface area contributed by atoms with Gasteiger partial charge in [-0.1, -0.05) is 18.2 Å². The summed E-state index contributed by atoms with van der Waals surface area (Å²) in [6.45, 7) is 1.58. The van der Waals surface area contributed by atoms with Crippen molar-refractivity contribution in [1.82, 2.24) is 20.5 Å². The normalized spacial score (nSPS) is 12.6. The van der Waals surface area contributed by atoms with Crippen LogP contribution >= 0.6 is 0 Å². The third kappa shape index (κ3) is 4.19. The van der Waals surface area contributed by atoms with Crippen LogP contribution in [0.2, 0.25) is 0 Å². The number of amides is 1. The van der Waals surface area contributed by atoms with Gasteiger partial charge in [-0.2, -0.15) is 4.98 Å². The van der Waals surface area contributed by atoms with Crippen molar-refractivity contribution in [3.63, 3.8) is 0 Å². The summed E-state index contributed by atoms with van der Waals surface area (Å²) < 4.78 is 25.2. The highest BCUT2D eigenvalue weighted by atomic mass is 32.2. The predicted molar refractivity (Wildman–Crippen MR) is 85.9 cm³/mol. The molecule has 0 aliphatic heterocycles. The Morgan fingerprint density at radius 3 is 2.57 bits per heavy atom. The smallest absolute Gasteiger partial charge is 0.243 e. The lowest BCUT2D eigenvalue weighted by Crippen LogP contribution is -2.47. The lowest BCUT2D eigenvalue weighted by atomic mass is 10.2. The Morgan fingerprint density at radius 2 is 2.04 bits per heavy atom. The first-order chi connectivity index (χ1) is 10.8. The third-order valence-corrected chi connectivity index (χ3v) is 4.32. The van der Waals surface area contributed by atoms with E-state index in [2.05, 4.69) is 20.5 Å². The lowest BCUT2D eigenvalue weighted by Gasteiger charge is -2.28. The maximum absolute atomic E-state index is 12.3. The van der Waals surface area contributed by atoms with Crippen molar-refractivity contribution < 1.29 is 13.2 Å². The number of benzene rings is 1. The van der Waals surface area contributed by atoms with E-state index >= 15 is 0 Å². The summed E-state index contributed by atoms with van der Waals surface area (Å²) in [5, 5.41) is 8.80. The van der Waals surface area contributed by atoms with E-state index in [4.69, 9.17) is 5.73 Å². The quantitative estimate of drug-likeness (QED) is 0.671. The number of nitrogens with zero attached hydrogens (tertiary/aromatic N) is 3. The van der Waals surface area contributed by atoms with Gasteiger partial charge in [0.25, 0.3) is 0 Å². The minimum Gasteiger partial charge on any atom is -0.367 e. The number of nitrogens with two attached hydrogens (primary N) is 1. The predicted octanol–water partition coefficient (Wildman–Crippen LogP) is -0.142. The molecule has 1 unspecified atom stereocenters. The minimum atomic E-state index is -3.62. The Balaban J connectivity index is 2.14. The fraction of sp³-hybridized carbons (Fsp3) is 0.308. The van der Waals surface area contributed by atoms with E-state index in [0.29, 0.717) is 11.5 Å². The first kappa shape index (κ1) is 16.7. The minimum absolute atomic E-state index is 0.0692. The van der Waals surface area contributed by atoms with Crippen LogP contribution in [0.5, 0.6) is 0 Å². The molecule has 0 spiro atoms. The molecule has 1 heterocycles. The molecule has 0 bridgehead atoms. The molecule has 1 aromatic heterocycles. The van der Waals surface area contributed by atoms with E-state index in [1.54, 1.807) is 30.3 Å². The van der Waals surface area contributed by atoms with Crippen LogP contribution < -0.4 is 15.4 Å². The highest BCUT2D eigenvalue weighted by molar-refractivity contribution is 7.92. The van der Waals surface area contributed by atoms with Gasteiger partial charge in [0.1, 0.15) is 11.9 Å². The van der Waals surface area contributed by atoms with Gasteiger partial charge in [-0.3, -0.25) is 14.2 Å². The van der Waals surface area contributed by atoms with Crippen molar-refractivity contribution in [2.24, 2.45) is 0 Å². The monoisotopic (exact) mass is 338 g/mol. The Kier molecular flexibility index (Phi) is 4.84. The first-order valence-electron chi connectivity index (χ1n) is 6.78. The zero-order valence-corrected chi connectivity index (χ0v) is 13.5. The topological polar surface area (TPSA) is 134 Å². The molecule has 4 N–H and O–H groups in total. The summed E-state index contributed by atoms with van der Waals surface area (Å²) in [4.78, 5) is 16.1. The molecule has 124 valence electrons. The summed E-state index contributed by atoms with van der Waals surface area (Å²) in [7, 11) is -3.62. The van der Waals surface area contributed by atoms with Crippen LogP contribution in [0.4, 0.5) is 11.6 Å². The van der Waals surface area contributed by atoms with E-state index in [0.717, 1.165) is 10.6 Å². The lowest BCUT2D eigenvalue weighted by molar-refractivity contribution is -0.122. The molecule has 0 saturated heterocycles. The van der Waals surface area contributed by atoms with Crippen LogP contribution in [-0.2, 0) is 21.4 Å². The maximum Gasteiger partial charge on any atom is 0.243 e. The highest BCUT2D eigenvalue weighted by Crippen LogP contribution is 2.20. The number of nitrogens with one attached hydrogen (secondary N) is 2. The van der Waals surface area contributed by atoms with Gasteiger partial charge in [0.2, 0.25) is 21.9 Å². The van der Waals surface area contributed by atoms with E-state index in [1.807, 2.05) is 0 Å². The second kappa shape index (κ2) is 6.65. The zero-order chi connectivity index (χ0) is 17.0. The average molecular weight is 338 g/mol. The summed E-state index contributed by atoms with van der Waals surface area (Å²) in [6, 6.07) is 7.50. The molecule has 0 aliphatic rings. The van der Waals surface area contributed by atoms with Gasteiger partial charge in [-0.15, -0.1) is 5.10 Å². The summed E-state index contributed by atoms with van der Waals surface area (Å²) >= 11 is 0. The number of rotatable bonds is 6. The van der Waals surface area contributed by atoms with Gasteiger partial charge in [0, 0.05) is 0 Å². The number of H-pyrrole nitrogens is 1. The van der Waals surface area contributed by atoms with Crippen molar-refractivity contribution in [2.75, 3.05) is 16.3 Å². The van der Waals surface area contributed by atoms with E-state index in [-0.39, 0.29) is 12.5 Å². The Hall–Kier alpha value is -2.62. The molecule has 0 fully saturated rings. The van der Waals surface area contributed by atoms with Crippen molar-refractivity contribution >= 4 is 27.6 Å². The van der Waals surface area contributed by atoms with Crippen molar-refractivity contribution in [3.05, 3.63) is 36.2 Å². The molecular formula is C13H18N6O3S. The van der Waals surface area contributed by atoms with Gasteiger partial charge in [-0.25, -0.2) is 8.42 Å². The van der Waals surface area contributed by atoms with Gasteiger partial charge in [-0.05, 0) is 19.1 Å². The molecule has 0 aliphatic carbocycles. The van der Waals surface area contributed by atoms with Crippen molar-refractivity contribution in [1.29, 1.82) is 0 Å². The van der Waals surface area contributed by atoms with Gasteiger partial charge in [0.15, 0.2) is 0 Å². The number of aromatic nitrogens is 3. The summed E-state index contributed by atoms with van der Waals surface area (Å²) in [6.07, 6.45) is 1.06. The van der Waals surface area contributed by atoms with Crippen LogP contribution in [0.1, 0.15) is 12.7 Å². The number of nitrogen functional groups attached to an aromatic ring is 1. The second-order valence-corrected chi connectivity index (χ2v) is 6.79. The van der Waals surface area contributed by atoms with Crippen LogP contribution in [0.3, 0.4) is 0 Å². The fourth-order valence-electron chi connectivity index (χ4n) is 2.09. The maximum atomic E-state index is 12.3. The largest absolute Gasteiger partial charge is 0.367 e. The molecule has 23 heavy (non-hydrogen) atoms. The van der Waals surface area contributed by atoms with Gasteiger partial charge >= 0.3 is 0 Å². The molecule has 1 aromatic carbocycles. The molecule has 0 saturated carbocycles. The number of sulfonamides is 1. The zero-order valence-electron chi connectivity index (χ0n) is 12.7. The Bertz CT molecular complexity index is 774. The van der Waals surface area contributed by atoms with Crippen LogP contribution in [0, 0.1) is 0 Å². The standard InChI is InChI=1S/C13H18N6O3S/c1-9(12(20)15-8-11-16-13(14)18-17-11)19(23(2,21)22)10-6-4-3-5-7-10/h3-7,9H,8H2,1-2H3,(H,15,20)(H3,14,16,17,18). The molecule has 1 amide bonds. The number of carbonyl (C=O) groups excluding carboxylic acids is 1. The van der Waals surface area contributed by atoms with E-state index in [1.165, 1.54) is 6.92 Å². The van der Waals surface area contributed by atoms with Gasteiger partial charge in [0.05, 0.1) is 18.5 Å². The highest BCUT2D eigenvalue weighted by Gasteiger charge is 2.28. The molecule has 9 nitrogen and oxygen atoms in total. The molecule has 2 aromatic rings. The van der Waals surface area contributed by atoms with Crippen LogP contribution in [0.25, 0.3) is 0 Å². The number of aromatic amines is 1. The Morgan fingerprint density at radius 1 is 1.39 bits per heavy atom. The molecular weight excluding hydrogens is 320 g/mol. The number of carbonyl (C=O) groups is 1. The number of para-hydroxylation sites is 1. The summed E-state index contributed by atoms with van der Waals surface area (Å²) in [5.74, 6) is -0.00717. The first-order valence-corrected chi connectivity index (χ1v) is 8.63. The average Bonchev–Trinajstić information content (AvgIpc) is 2.90. The van der Waals surface area contributed by atoms with Crippen molar-refractivity contribution in [2.45, 2.75) is 19.5 Å². The van der Waals surface area contributed by atoms with E-state index < -0.39 is 22.0 Å². The third-order valence-electron chi connectivity index (χ3n) is 3.08. The fourth-order valence-corrected chi connectivity index (χ4v) is 3.27. The van der Waals surface area contributed by atoms with E-state index in [9.17, 15) is 13.2 Å². The SMILES string of the molecule is CC(C(=O)NCc1nc(N)n[nH]1)N(c1ccccc1)S(C)(=O)=O. The summed E-state index contributed by atoms with van der Waals surface area (Å²) in [5.41, 5.74) is 5.79. The van der Waals surface area contributed by atoms with Crippen LogP contribution in [0.15, 0.2) is 30.3 Å².